The zero-order valence-corrected chi connectivity index (χ0v) is 16.7. The molecule has 0 bridgehead atoms. The summed E-state index contributed by atoms with van der Waals surface area (Å²) in [6.07, 6.45) is 3.07. The van der Waals surface area contributed by atoms with Crippen molar-refractivity contribution in [2.45, 2.75) is 31.6 Å². The number of carbonyl (C=O) groups is 1. The van der Waals surface area contributed by atoms with Crippen LogP contribution in [-0.4, -0.2) is 40.4 Å². The van der Waals surface area contributed by atoms with Crippen LogP contribution in [-0.2, 0) is 11.8 Å². The SMILES string of the molecule is Cn1nc(C2CCNCC2)nc1NC(=O)CCCOc1cccc2ccccc12. The zero-order chi connectivity index (χ0) is 20.1. The molecule has 1 saturated heterocycles. The van der Waals surface area contributed by atoms with E-state index in [1.165, 1.54) is 0 Å². The maximum atomic E-state index is 12.3. The number of nitrogens with one attached hydrogen (secondary N) is 2. The molecule has 1 aliphatic rings. The molecule has 0 unspecified atom stereocenters. The Bertz CT molecular complexity index is 973. The van der Waals surface area contributed by atoms with Crippen LogP contribution in [0.3, 0.4) is 0 Å². The molecule has 1 fully saturated rings. The largest absolute Gasteiger partial charge is 0.493 e. The van der Waals surface area contributed by atoms with E-state index in [-0.39, 0.29) is 5.91 Å². The van der Waals surface area contributed by atoms with Crippen LogP contribution in [0.25, 0.3) is 10.8 Å². The fourth-order valence-corrected chi connectivity index (χ4v) is 3.69. The Labute approximate surface area is 170 Å². The van der Waals surface area contributed by atoms with Crippen molar-refractivity contribution in [2.24, 2.45) is 7.05 Å². The highest BCUT2D eigenvalue weighted by Crippen LogP contribution is 2.25. The average Bonchev–Trinajstić information content (AvgIpc) is 3.12. The number of amides is 1. The van der Waals surface area contributed by atoms with Crippen molar-refractivity contribution in [3.05, 3.63) is 48.3 Å². The molecule has 2 aromatic carbocycles. The third kappa shape index (κ3) is 4.74. The number of rotatable bonds is 7. The number of fused-ring (bicyclic) bond motifs is 1. The van der Waals surface area contributed by atoms with E-state index in [4.69, 9.17) is 4.74 Å². The number of nitrogens with zero attached hydrogens (tertiary/aromatic N) is 3. The number of hydrogen-bond acceptors (Lipinski definition) is 5. The molecule has 29 heavy (non-hydrogen) atoms. The molecular weight excluding hydrogens is 366 g/mol. The number of aryl methyl sites for hydroxylation is 1. The van der Waals surface area contributed by atoms with Gasteiger partial charge in [0.05, 0.1) is 6.61 Å². The van der Waals surface area contributed by atoms with Crippen LogP contribution in [0.1, 0.15) is 37.4 Å². The lowest BCUT2D eigenvalue weighted by atomic mass is 9.98. The maximum absolute atomic E-state index is 12.3. The summed E-state index contributed by atoms with van der Waals surface area (Å²) in [6.45, 7) is 2.46. The molecule has 1 amide bonds. The topological polar surface area (TPSA) is 81.1 Å². The van der Waals surface area contributed by atoms with Crippen molar-refractivity contribution in [1.82, 2.24) is 20.1 Å². The Balaban J connectivity index is 1.26. The van der Waals surface area contributed by atoms with E-state index in [1.54, 1.807) is 4.68 Å². The van der Waals surface area contributed by atoms with Crippen LogP contribution in [0.4, 0.5) is 5.95 Å². The van der Waals surface area contributed by atoms with E-state index < -0.39 is 0 Å². The first-order chi connectivity index (χ1) is 14.2. The summed E-state index contributed by atoms with van der Waals surface area (Å²) in [5, 5.41) is 12.9. The van der Waals surface area contributed by atoms with Gasteiger partial charge in [-0.25, -0.2) is 4.68 Å². The van der Waals surface area contributed by atoms with Crippen molar-refractivity contribution in [1.29, 1.82) is 0 Å². The molecule has 3 aromatic rings. The van der Waals surface area contributed by atoms with Gasteiger partial charge in [0, 0.05) is 24.8 Å². The summed E-state index contributed by atoms with van der Waals surface area (Å²) in [6, 6.07) is 14.1. The zero-order valence-electron chi connectivity index (χ0n) is 16.7. The van der Waals surface area contributed by atoms with Crippen LogP contribution in [0, 0.1) is 0 Å². The van der Waals surface area contributed by atoms with Gasteiger partial charge in [-0.3, -0.25) is 10.1 Å². The number of hydrogen-bond donors (Lipinski definition) is 2. The van der Waals surface area contributed by atoms with Crippen molar-refractivity contribution in [3.63, 3.8) is 0 Å². The smallest absolute Gasteiger partial charge is 0.227 e. The lowest BCUT2D eigenvalue weighted by Gasteiger charge is -2.19. The number of aromatic nitrogens is 3. The Morgan fingerprint density at radius 3 is 2.86 bits per heavy atom. The minimum absolute atomic E-state index is 0.0705. The van der Waals surface area contributed by atoms with Gasteiger partial charge in [0.1, 0.15) is 5.75 Å². The van der Waals surface area contributed by atoms with Gasteiger partial charge >= 0.3 is 0 Å². The molecule has 0 radical (unpaired) electrons. The first kappa shape index (κ1) is 19.4. The van der Waals surface area contributed by atoms with Crippen LogP contribution < -0.4 is 15.4 Å². The third-order valence-corrected chi connectivity index (χ3v) is 5.29. The van der Waals surface area contributed by atoms with Gasteiger partial charge in [-0.05, 0) is 43.8 Å². The first-order valence-electron chi connectivity index (χ1n) is 10.2. The second-order valence-electron chi connectivity index (χ2n) is 7.42. The second-order valence-corrected chi connectivity index (χ2v) is 7.42. The summed E-state index contributed by atoms with van der Waals surface area (Å²) >= 11 is 0. The van der Waals surface area contributed by atoms with Crippen molar-refractivity contribution >= 4 is 22.6 Å². The highest BCUT2D eigenvalue weighted by atomic mass is 16.5. The predicted molar refractivity (Wildman–Crippen MR) is 113 cm³/mol. The maximum Gasteiger partial charge on any atom is 0.227 e. The van der Waals surface area contributed by atoms with E-state index in [0.29, 0.717) is 31.3 Å². The molecule has 7 heteroatoms. The van der Waals surface area contributed by atoms with E-state index in [0.717, 1.165) is 48.3 Å². The monoisotopic (exact) mass is 393 g/mol. The Kier molecular flexibility index (Phi) is 6.05. The summed E-state index contributed by atoms with van der Waals surface area (Å²) < 4.78 is 7.56. The van der Waals surface area contributed by atoms with Crippen molar-refractivity contribution < 1.29 is 9.53 Å². The van der Waals surface area contributed by atoms with E-state index >= 15 is 0 Å². The van der Waals surface area contributed by atoms with Crippen LogP contribution in [0.2, 0.25) is 0 Å². The van der Waals surface area contributed by atoms with Gasteiger partial charge in [-0.1, -0.05) is 36.4 Å². The number of anilines is 1. The number of benzene rings is 2. The number of piperidine rings is 1. The highest BCUT2D eigenvalue weighted by Gasteiger charge is 2.21. The van der Waals surface area contributed by atoms with Gasteiger partial charge in [0.15, 0.2) is 5.82 Å². The summed E-state index contributed by atoms with van der Waals surface area (Å²) in [5.74, 6) is 2.48. The van der Waals surface area contributed by atoms with Crippen molar-refractivity contribution in [2.75, 3.05) is 25.0 Å². The van der Waals surface area contributed by atoms with E-state index in [9.17, 15) is 4.79 Å². The molecule has 0 atom stereocenters. The van der Waals surface area contributed by atoms with Crippen LogP contribution in [0.5, 0.6) is 5.75 Å². The Morgan fingerprint density at radius 1 is 1.21 bits per heavy atom. The fraction of sp³-hybridized carbons (Fsp3) is 0.409. The van der Waals surface area contributed by atoms with Gasteiger partial charge in [-0.2, -0.15) is 10.1 Å². The molecule has 7 nitrogen and oxygen atoms in total. The number of ether oxygens (including phenoxy) is 1. The minimum Gasteiger partial charge on any atom is -0.493 e. The fourth-order valence-electron chi connectivity index (χ4n) is 3.69. The third-order valence-electron chi connectivity index (χ3n) is 5.29. The van der Waals surface area contributed by atoms with E-state index in [1.807, 2.05) is 37.4 Å². The average molecular weight is 393 g/mol. The normalized spacial score (nSPS) is 14.8. The lowest BCUT2D eigenvalue weighted by Crippen LogP contribution is -2.27. The summed E-state index contributed by atoms with van der Waals surface area (Å²) in [7, 11) is 1.82. The molecule has 0 aliphatic carbocycles. The molecule has 0 spiro atoms. The lowest BCUT2D eigenvalue weighted by molar-refractivity contribution is -0.116. The standard InChI is InChI=1S/C22H27N5O2/c1-27-22(25-21(26-27)17-11-13-23-14-12-17)24-20(28)10-5-15-29-19-9-4-7-16-6-2-3-8-18(16)19/h2-4,6-9,17,23H,5,10-15H2,1H3,(H,24,25,26,28). The molecule has 152 valence electrons. The number of carbonyl (C=O) groups excluding carboxylic acids is 1. The molecule has 2 N–H and O–H groups in total. The Hall–Kier alpha value is -2.93. The highest BCUT2D eigenvalue weighted by molar-refractivity contribution is 5.89. The molecule has 4 rings (SSSR count). The first-order valence-corrected chi connectivity index (χ1v) is 10.2. The van der Waals surface area contributed by atoms with Gasteiger partial charge in [0.2, 0.25) is 11.9 Å². The van der Waals surface area contributed by atoms with Crippen LogP contribution in [0.15, 0.2) is 42.5 Å². The molecule has 0 saturated carbocycles. The molecule has 1 aromatic heterocycles. The van der Waals surface area contributed by atoms with E-state index in [2.05, 4.69) is 32.8 Å². The Morgan fingerprint density at radius 2 is 2.00 bits per heavy atom. The van der Waals surface area contributed by atoms with Crippen LogP contribution >= 0.6 is 0 Å². The summed E-state index contributed by atoms with van der Waals surface area (Å²) in [5.41, 5.74) is 0. The van der Waals surface area contributed by atoms with Gasteiger partial charge in [0.25, 0.3) is 0 Å². The molecule has 1 aliphatic heterocycles. The van der Waals surface area contributed by atoms with Gasteiger partial charge in [-0.15, -0.1) is 0 Å². The quantitative estimate of drug-likeness (QED) is 0.603. The summed E-state index contributed by atoms with van der Waals surface area (Å²) in [4.78, 5) is 16.9. The van der Waals surface area contributed by atoms with Crippen molar-refractivity contribution in [3.8, 4) is 5.75 Å². The molecular formula is C22H27N5O2. The molecule has 2 heterocycles. The predicted octanol–water partition coefficient (Wildman–Crippen LogP) is 3.23. The van der Waals surface area contributed by atoms with Gasteiger partial charge < -0.3 is 10.1 Å². The minimum atomic E-state index is -0.0705. The second kappa shape index (κ2) is 9.05.